The molecule has 0 aliphatic heterocycles. The van der Waals surface area contributed by atoms with E-state index in [0.717, 1.165) is 24.5 Å². The third-order valence-electron chi connectivity index (χ3n) is 6.47. The lowest BCUT2D eigenvalue weighted by atomic mass is 9.98. The fraction of sp³-hybridized carbons (Fsp3) is 0.107. The summed E-state index contributed by atoms with van der Waals surface area (Å²) < 4.78 is 57.5. The van der Waals surface area contributed by atoms with Gasteiger partial charge in [-0.05, 0) is 96.1 Å². The Labute approximate surface area is 216 Å². The molecule has 1 N–H and O–H groups in total. The highest BCUT2D eigenvalue weighted by atomic mass is 32.2. The maximum atomic E-state index is 13.9. The zero-order chi connectivity index (χ0) is 26.4. The molecule has 0 unspecified atom stereocenters. The van der Waals surface area contributed by atoms with Gasteiger partial charge in [0.25, 0.3) is 15.6 Å². The van der Waals surface area contributed by atoms with Crippen LogP contribution in [0.5, 0.6) is 0 Å². The molecule has 0 atom stereocenters. The van der Waals surface area contributed by atoms with Crippen molar-refractivity contribution in [1.29, 1.82) is 0 Å². The van der Waals surface area contributed by atoms with E-state index in [1.807, 2.05) is 6.07 Å². The van der Waals surface area contributed by atoms with Gasteiger partial charge in [-0.1, -0.05) is 6.07 Å². The Morgan fingerprint density at radius 1 is 0.868 bits per heavy atom. The van der Waals surface area contributed by atoms with Crippen LogP contribution in [-0.2, 0) is 10.0 Å². The van der Waals surface area contributed by atoms with Gasteiger partial charge in [0.2, 0.25) is 0 Å². The van der Waals surface area contributed by atoms with Crippen LogP contribution in [0.25, 0.3) is 27.7 Å². The number of halogens is 2. The van der Waals surface area contributed by atoms with Gasteiger partial charge in [-0.15, -0.1) is 5.10 Å². The summed E-state index contributed by atoms with van der Waals surface area (Å²) in [5.41, 5.74) is 2.84. The van der Waals surface area contributed by atoms with Crippen LogP contribution in [0.4, 0.5) is 14.6 Å². The van der Waals surface area contributed by atoms with Gasteiger partial charge in [-0.2, -0.15) is 5.10 Å². The first-order valence-corrected chi connectivity index (χ1v) is 13.3. The van der Waals surface area contributed by atoms with Gasteiger partial charge in [-0.3, -0.25) is 14.1 Å². The fourth-order valence-corrected chi connectivity index (χ4v) is 5.60. The van der Waals surface area contributed by atoms with Crippen LogP contribution in [-0.4, -0.2) is 23.2 Å². The van der Waals surface area contributed by atoms with Gasteiger partial charge in [0.05, 0.1) is 16.1 Å². The number of anilines is 1. The molecular weight excluding hydrogens is 510 g/mol. The fourth-order valence-electron chi connectivity index (χ4n) is 4.57. The number of sulfonamides is 1. The number of nitrogens with zero attached hydrogens (tertiary/aromatic N) is 3. The van der Waals surface area contributed by atoms with Crippen molar-refractivity contribution in [3.8, 4) is 16.8 Å². The van der Waals surface area contributed by atoms with E-state index in [4.69, 9.17) is 0 Å². The smallest absolute Gasteiger partial charge is 0.263 e. The maximum absolute atomic E-state index is 13.9. The second-order valence-corrected chi connectivity index (χ2v) is 10.8. The van der Waals surface area contributed by atoms with Gasteiger partial charge in [0.1, 0.15) is 11.6 Å². The summed E-state index contributed by atoms with van der Waals surface area (Å²) >= 11 is 0. The third-order valence-corrected chi connectivity index (χ3v) is 7.82. The minimum absolute atomic E-state index is 0.00625. The summed E-state index contributed by atoms with van der Waals surface area (Å²) in [4.78, 5) is 13.1. The molecule has 0 radical (unpaired) electrons. The number of hydrogen-bond donors (Lipinski definition) is 1. The quantitative estimate of drug-likeness (QED) is 0.317. The lowest BCUT2D eigenvalue weighted by Gasteiger charge is -2.17. The maximum Gasteiger partial charge on any atom is 0.263 e. The van der Waals surface area contributed by atoms with Crippen LogP contribution >= 0.6 is 0 Å². The van der Waals surface area contributed by atoms with E-state index in [1.165, 1.54) is 42.6 Å². The van der Waals surface area contributed by atoms with Crippen molar-refractivity contribution in [3.63, 3.8) is 0 Å². The van der Waals surface area contributed by atoms with Crippen LogP contribution in [0.3, 0.4) is 0 Å². The SMILES string of the molecule is O=c1ccc2cc(S(=O)(=O)Nc3cccnn3)ccc2n1-c1ccc(-c2cc(F)cc(F)c2)cc1C1CC1. The highest BCUT2D eigenvalue weighted by Gasteiger charge is 2.28. The van der Waals surface area contributed by atoms with Gasteiger partial charge in [-0.25, -0.2) is 17.2 Å². The Kier molecular flexibility index (Phi) is 5.76. The largest absolute Gasteiger partial charge is 0.277 e. The van der Waals surface area contributed by atoms with Crippen LogP contribution in [0, 0.1) is 11.6 Å². The highest BCUT2D eigenvalue weighted by molar-refractivity contribution is 7.92. The van der Waals surface area contributed by atoms with E-state index in [2.05, 4.69) is 14.9 Å². The summed E-state index contributed by atoms with van der Waals surface area (Å²) in [6.45, 7) is 0. The van der Waals surface area contributed by atoms with Gasteiger partial charge in [0.15, 0.2) is 5.82 Å². The lowest BCUT2D eigenvalue weighted by molar-refractivity contribution is 0.584. The van der Waals surface area contributed by atoms with Crippen LogP contribution in [0.2, 0.25) is 0 Å². The molecule has 1 aliphatic carbocycles. The molecular formula is C28H20F2N4O3S. The Morgan fingerprint density at radius 2 is 1.66 bits per heavy atom. The first-order chi connectivity index (χ1) is 18.3. The highest BCUT2D eigenvalue weighted by Crippen LogP contribution is 2.44. The zero-order valence-electron chi connectivity index (χ0n) is 19.8. The Bertz CT molecular complexity index is 1850. The predicted molar refractivity (Wildman–Crippen MR) is 140 cm³/mol. The molecule has 38 heavy (non-hydrogen) atoms. The molecule has 0 saturated heterocycles. The summed E-state index contributed by atoms with van der Waals surface area (Å²) in [6.07, 6.45) is 3.31. The number of fused-ring (bicyclic) bond motifs is 1. The molecule has 10 heteroatoms. The van der Waals surface area contributed by atoms with Crippen molar-refractivity contribution >= 4 is 26.7 Å². The van der Waals surface area contributed by atoms with Crippen LogP contribution in [0.1, 0.15) is 24.3 Å². The predicted octanol–water partition coefficient (Wildman–Crippen LogP) is 5.40. The molecule has 1 fully saturated rings. The van der Waals surface area contributed by atoms with E-state index in [9.17, 15) is 22.0 Å². The van der Waals surface area contributed by atoms with Crippen molar-refractivity contribution in [2.24, 2.45) is 0 Å². The van der Waals surface area contributed by atoms with E-state index < -0.39 is 21.7 Å². The molecule has 1 saturated carbocycles. The molecule has 3 aromatic carbocycles. The van der Waals surface area contributed by atoms with Crippen molar-refractivity contribution < 1.29 is 17.2 Å². The number of rotatable bonds is 6. The second kappa shape index (κ2) is 9.14. The number of aromatic nitrogens is 3. The zero-order valence-corrected chi connectivity index (χ0v) is 20.6. The monoisotopic (exact) mass is 530 g/mol. The van der Waals surface area contributed by atoms with Gasteiger partial charge in [0, 0.05) is 23.7 Å². The van der Waals surface area contributed by atoms with Crippen molar-refractivity contribution in [3.05, 3.63) is 113 Å². The first-order valence-electron chi connectivity index (χ1n) is 11.9. The van der Waals surface area contributed by atoms with Crippen molar-refractivity contribution in [2.75, 3.05) is 4.72 Å². The molecule has 2 aromatic heterocycles. The van der Waals surface area contributed by atoms with E-state index in [1.54, 1.807) is 34.9 Å². The summed E-state index contributed by atoms with van der Waals surface area (Å²) in [6, 6.07) is 19.3. The summed E-state index contributed by atoms with van der Waals surface area (Å²) in [7, 11) is -3.95. The third kappa shape index (κ3) is 4.54. The molecule has 1 aliphatic rings. The van der Waals surface area contributed by atoms with Gasteiger partial charge < -0.3 is 0 Å². The number of hydrogen-bond acceptors (Lipinski definition) is 5. The average Bonchev–Trinajstić information content (AvgIpc) is 3.74. The lowest BCUT2D eigenvalue weighted by Crippen LogP contribution is -2.19. The normalized spacial score (nSPS) is 13.5. The summed E-state index contributed by atoms with van der Waals surface area (Å²) in [5, 5.41) is 7.98. The molecule has 190 valence electrons. The van der Waals surface area contributed by atoms with Crippen LogP contribution < -0.4 is 10.3 Å². The van der Waals surface area contributed by atoms with Crippen LogP contribution in [0.15, 0.2) is 94.7 Å². The number of nitrogens with one attached hydrogen (secondary N) is 1. The summed E-state index contributed by atoms with van der Waals surface area (Å²) in [5.74, 6) is -1.03. The number of benzene rings is 3. The molecule has 0 amide bonds. The topological polar surface area (TPSA) is 93.9 Å². The Morgan fingerprint density at radius 3 is 2.37 bits per heavy atom. The minimum atomic E-state index is -3.95. The molecule has 0 bridgehead atoms. The first kappa shape index (κ1) is 23.9. The van der Waals surface area contributed by atoms with E-state index >= 15 is 0 Å². The van der Waals surface area contributed by atoms with E-state index in [-0.39, 0.29) is 22.2 Å². The van der Waals surface area contributed by atoms with E-state index in [0.29, 0.717) is 27.7 Å². The second-order valence-electron chi connectivity index (χ2n) is 9.15. The molecule has 2 heterocycles. The average molecular weight is 531 g/mol. The number of pyridine rings is 1. The Hall–Kier alpha value is -4.44. The van der Waals surface area contributed by atoms with Crippen molar-refractivity contribution in [1.82, 2.24) is 14.8 Å². The Balaban J connectivity index is 1.46. The minimum Gasteiger partial charge on any atom is -0.277 e. The van der Waals surface area contributed by atoms with Gasteiger partial charge >= 0.3 is 0 Å². The molecule has 5 aromatic rings. The molecule has 0 spiro atoms. The molecule has 7 nitrogen and oxygen atoms in total. The molecule has 6 rings (SSSR count). The van der Waals surface area contributed by atoms with Crippen molar-refractivity contribution in [2.45, 2.75) is 23.7 Å². The standard InChI is InChI=1S/C28H20F2N4O3S/c29-21-12-20(13-22(30)16-21)18-5-8-26(24(15-18)17-3-4-17)34-25-9-7-23(14-19(25)6-10-28(34)35)38(36,37)33-27-2-1-11-31-32-27/h1-2,5-17H,3-4H2,(H,32,33).